The lowest BCUT2D eigenvalue weighted by Crippen LogP contribution is -2.47. The summed E-state index contributed by atoms with van der Waals surface area (Å²) in [6, 6.07) is 4.12. The Morgan fingerprint density at radius 1 is 1.22 bits per heavy atom. The van der Waals surface area contributed by atoms with E-state index in [-0.39, 0.29) is 28.0 Å². The maximum atomic E-state index is 13.1. The van der Waals surface area contributed by atoms with Crippen molar-refractivity contribution in [2.24, 2.45) is 7.05 Å². The summed E-state index contributed by atoms with van der Waals surface area (Å²) in [6.07, 6.45) is 2.17. The first kappa shape index (κ1) is 23.7. The molecule has 1 N–H and O–H groups in total. The SMILES string of the molecule is CCOC(=O)N1CCC(NC(=O)c2cn(C)c3ccc(S(=O)(=O)N(C)C)cc3c2=O)CC1. The normalized spacial score (nSPS) is 15.2. The molecule has 1 aromatic carbocycles. The zero-order chi connectivity index (χ0) is 23.6. The molecule has 1 aromatic heterocycles. The van der Waals surface area contributed by atoms with Gasteiger partial charge in [-0.15, -0.1) is 0 Å². The minimum atomic E-state index is -3.73. The van der Waals surface area contributed by atoms with Crippen molar-refractivity contribution in [1.82, 2.24) is 19.1 Å². The number of rotatable bonds is 5. The smallest absolute Gasteiger partial charge is 0.409 e. The monoisotopic (exact) mass is 464 g/mol. The Labute approximate surface area is 186 Å². The van der Waals surface area contributed by atoms with Crippen molar-refractivity contribution in [3.63, 3.8) is 0 Å². The van der Waals surface area contributed by atoms with Gasteiger partial charge in [0.25, 0.3) is 5.91 Å². The molecule has 0 bridgehead atoms. The van der Waals surface area contributed by atoms with Gasteiger partial charge in [0.15, 0.2) is 0 Å². The van der Waals surface area contributed by atoms with E-state index in [2.05, 4.69) is 5.32 Å². The zero-order valence-corrected chi connectivity index (χ0v) is 19.4. The third-order valence-electron chi connectivity index (χ3n) is 5.54. The Bertz CT molecular complexity index is 1200. The average molecular weight is 465 g/mol. The molecule has 32 heavy (non-hydrogen) atoms. The molecule has 2 amide bonds. The zero-order valence-electron chi connectivity index (χ0n) is 18.6. The van der Waals surface area contributed by atoms with Gasteiger partial charge in [0, 0.05) is 51.9 Å². The molecule has 0 atom stereocenters. The lowest BCUT2D eigenvalue weighted by molar-refractivity contribution is 0.0859. The number of carbonyl (C=O) groups is 2. The number of nitrogens with one attached hydrogen (secondary N) is 1. The van der Waals surface area contributed by atoms with Gasteiger partial charge in [-0.05, 0) is 38.0 Å². The van der Waals surface area contributed by atoms with Crippen molar-refractivity contribution < 1.29 is 22.7 Å². The van der Waals surface area contributed by atoms with E-state index in [1.807, 2.05) is 0 Å². The van der Waals surface area contributed by atoms with Gasteiger partial charge in [0.05, 0.1) is 17.0 Å². The summed E-state index contributed by atoms with van der Waals surface area (Å²) in [7, 11) is 0.786. The third kappa shape index (κ3) is 4.63. The highest BCUT2D eigenvalue weighted by Crippen LogP contribution is 2.19. The maximum Gasteiger partial charge on any atom is 0.409 e. The lowest BCUT2D eigenvalue weighted by Gasteiger charge is -2.31. The van der Waals surface area contributed by atoms with Crippen molar-refractivity contribution in [3.05, 3.63) is 40.2 Å². The van der Waals surface area contributed by atoms with Crippen LogP contribution in [-0.4, -0.2) is 74.0 Å². The van der Waals surface area contributed by atoms with Crippen LogP contribution in [0.4, 0.5) is 4.79 Å². The highest BCUT2D eigenvalue weighted by atomic mass is 32.2. The van der Waals surface area contributed by atoms with Crippen LogP contribution in [0.5, 0.6) is 0 Å². The van der Waals surface area contributed by atoms with Crippen molar-refractivity contribution in [1.29, 1.82) is 0 Å². The molecule has 1 aliphatic rings. The second kappa shape index (κ2) is 9.29. The van der Waals surface area contributed by atoms with E-state index in [9.17, 15) is 22.8 Å². The van der Waals surface area contributed by atoms with Gasteiger partial charge < -0.3 is 19.5 Å². The molecule has 0 unspecified atom stereocenters. The summed E-state index contributed by atoms with van der Waals surface area (Å²) in [5.41, 5.74) is -0.0745. The quantitative estimate of drug-likeness (QED) is 0.709. The van der Waals surface area contributed by atoms with Gasteiger partial charge in [-0.2, -0.15) is 0 Å². The molecular weight excluding hydrogens is 436 g/mol. The number of sulfonamides is 1. The van der Waals surface area contributed by atoms with E-state index in [0.717, 1.165) is 4.31 Å². The number of likely N-dealkylation sites (tertiary alicyclic amines) is 1. The van der Waals surface area contributed by atoms with Crippen LogP contribution in [0.15, 0.2) is 34.1 Å². The molecule has 11 heteroatoms. The Morgan fingerprint density at radius 2 is 1.88 bits per heavy atom. The molecule has 3 rings (SSSR count). The van der Waals surface area contributed by atoms with Crippen LogP contribution in [0.2, 0.25) is 0 Å². The minimum Gasteiger partial charge on any atom is -0.450 e. The number of aryl methyl sites for hydroxylation is 1. The summed E-state index contributed by atoms with van der Waals surface area (Å²) in [6.45, 7) is 2.95. The third-order valence-corrected chi connectivity index (χ3v) is 7.35. The van der Waals surface area contributed by atoms with Gasteiger partial charge >= 0.3 is 6.09 Å². The van der Waals surface area contributed by atoms with Gasteiger partial charge in [-0.3, -0.25) is 9.59 Å². The Balaban J connectivity index is 1.84. The molecule has 1 fully saturated rings. The summed E-state index contributed by atoms with van der Waals surface area (Å²) in [5, 5.41) is 3.02. The van der Waals surface area contributed by atoms with E-state index >= 15 is 0 Å². The van der Waals surface area contributed by atoms with Gasteiger partial charge in [0.2, 0.25) is 15.5 Å². The highest BCUT2D eigenvalue weighted by Gasteiger charge is 2.26. The van der Waals surface area contributed by atoms with E-state index in [1.54, 1.807) is 29.5 Å². The number of fused-ring (bicyclic) bond motifs is 1. The molecule has 0 radical (unpaired) electrons. The Hall–Kier alpha value is -2.92. The first-order valence-electron chi connectivity index (χ1n) is 10.3. The van der Waals surface area contributed by atoms with Crippen LogP contribution >= 0.6 is 0 Å². The Kier molecular flexibility index (Phi) is 6.89. The summed E-state index contributed by atoms with van der Waals surface area (Å²) < 4.78 is 32.6. The van der Waals surface area contributed by atoms with Crippen LogP contribution in [0.1, 0.15) is 30.1 Å². The fourth-order valence-electron chi connectivity index (χ4n) is 3.69. The van der Waals surface area contributed by atoms with Crippen LogP contribution in [0.25, 0.3) is 10.9 Å². The molecule has 1 saturated heterocycles. The van der Waals surface area contributed by atoms with E-state index < -0.39 is 21.4 Å². The maximum absolute atomic E-state index is 13.1. The molecule has 1 aliphatic heterocycles. The van der Waals surface area contributed by atoms with E-state index in [0.29, 0.717) is 38.1 Å². The number of carbonyl (C=O) groups excluding carboxylic acids is 2. The molecule has 174 valence electrons. The number of amides is 2. The number of nitrogens with zero attached hydrogens (tertiary/aromatic N) is 3. The van der Waals surface area contributed by atoms with Crippen molar-refractivity contribution in [3.8, 4) is 0 Å². The number of benzene rings is 1. The van der Waals surface area contributed by atoms with Crippen molar-refractivity contribution >= 4 is 32.9 Å². The van der Waals surface area contributed by atoms with Crippen molar-refractivity contribution in [2.75, 3.05) is 33.8 Å². The lowest BCUT2D eigenvalue weighted by atomic mass is 10.0. The van der Waals surface area contributed by atoms with Crippen LogP contribution in [0, 0.1) is 0 Å². The highest BCUT2D eigenvalue weighted by molar-refractivity contribution is 7.89. The van der Waals surface area contributed by atoms with Crippen LogP contribution < -0.4 is 10.7 Å². The predicted molar refractivity (Wildman–Crippen MR) is 119 cm³/mol. The second-order valence-corrected chi connectivity index (χ2v) is 10.0. The number of ether oxygens (including phenoxy) is 1. The van der Waals surface area contributed by atoms with Gasteiger partial charge in [-0.1, -0.05) is 0 Å². The summed E-state index contributed by atoms with van der Waals surface area (Å²) >= 11 is 0. The minimum absolute atomic E-state index is 0.0176. The van der Waals surface area contributed by atoms with Crippen molar-refractivity contribution in [2.45, 2.75) is 30.7 Å². The molecule has 2 aromatic rings. The summed E-state index contributed by atoms with van der Waals surface area (Å²) in [5.74, 6) is -0.525. The fraction of sp³-hybridized carbons (Fsp3) is 0.476. The second-order valence-electron chi connectivity index (χ2n) is 7.88. The number of hydrogen-bond donors (Lipinski definition) is 1. The first-order chi connectivity index (χ1) is 15.1. The van der Waals surface area contributed by atoms with Gasteiger partial charge in [-0.25, -0.2) is 17.5 Å². The summed E-state index contributed by atoms with van der Waals surface area (Å²) in [4.78, 5) is 39.4. The molecule has 0 spiro atoms. The van der Waals surface area contributed by atoms with E-state index in [1.165, 1.54) is 32.4 Å². The Morgan fingerprint density at radius 3 is 2.47 bits per heavy atom. The molecule has 0 aliphatic carbocycles. The van der Waals surface area contributed by atoms with E-state index in [4.69, 9.17) is 4.74 Å². The first-order valence-corrected chi connectivity index (χ1v) is 11.8. The topological polar surface area (TPSA) is 118 Å². The number of aromatic nitrogens is 1. The van der Waals surface area contributed by atoms with Crippen LogP contribution in [0.3, 0.4) is 0 Å². The number of hydrogen-bond acceptors (Lipinski definition) is 6. The van der Waals surface area contributed by atoms with Crippen LogP contribution in [-0.2, 0) is 21.8 Å². The average Bonchev–Trinajstić information content (AvgIpc) is 2.76. The number of piperidine rings is 1. The number of pyridine rings is 1. The fourth-order valence-corrected chi connectivity index (χ4v) is 4.62. The standard InChI is InChI=1S/C21H28N4O6S/c1-5-31-21(28)25-10-8-14(9-11-25)22-20(27)17-13-24(4)18-7-6-15(12-16(18)19(17)26)32(29,30)23(2)3/h6-7,12-14H,5,8-11H2,1-4H3,(H,22,27). The largest absolute Gasteiger partial charge is 0.450 e. The van der Waals surface area contributed by atoms with Gasteiger partial charge in [0.1, 0.15) is 5.56 Å². The molecular formula is C21H28N4O6S. The molecule has 10 nitrogen and oxygen atoms in total. The molecule has 0 saturated carbocycles. The molecule has 2 heterocycles. The predicted octanol–water partition coefficient (Wildman–Crippen LogP) is 1.14.